The zero-order chi connectivity index (χ0) is 11.6. The van der Waals surface area contributed by atoms with Gasteiger partial charge in [-0.05, 0) is 32.6 Å². The standard InChI is InChI=1S/C13H25NO2/c1-4-12(2)9-14-10-13(16-12)7-5-6-11(8-13)15-3/h11,14H,4-10H2,1-3H3. The molecule has 16 heavy (non-hydrogen) atoms. The van der Waals surface area contributed by atoms with Crippen LogP contribution in [-0.4, -0.2) is 37.5 Å². The lowest BCUT2D eigenvalue weighted by Gasteiger charge is -2.50. The average molecular weight is 227 g/mol. The summed E-state index contributed by atoms with van der Waals surface area (Å²) in [6, 6.07) is 0. The van der Waals surface area contributed by atoms with Crippen molar-refractivity contribution in [2.24, 2.45) is 0 Å². The first-order valence-corrected chi connectivity index (χ1v) is 6.55. The number of ether oxygens (including phenoxy) is 2. The average Bonchev–Trinajstić information content (AvgIpc) is 2.29. The quantitative estimate of drug-likeness (QED) is 0.783. The molecule has 2 fully saturated rings. The van der Waals surface area contributed by atoms with Gasteiger partial charge in [0.25, 0.3) is 0 Å². The normalized spacial score (nSPS) is 44.8. The molecule has 94 valence electrons. The molecule has 0 bridgehead atoms. The number of nitrogens with one attached hydrogen (secondary N) is 1. The molecule has 0 radical (unpaired) electrons. The maximum absolute atomic E-state index is 6.44. The van der Waals surface area contributed by atoms with Gasteiger partial charge in [-0.3, -0.25) is 0 Å². The number of hydrogen-bond acceptors (Lipinski definition) is 3. The third kappa shape index (κ3) is 2.41. The van der Waals surface area contributed by atoms with E-state index >= 15 is 0 Å². The number of morpholine rings is 1. The summed E-state index contributed by atoms with van der Waals surface area (Å²) in [4.78, 5) is 0. The first-order valence-electron chi connectivity index (χ1n) is 6.55. The molecule has 1 spiro atoms. The second kappa shape index (κ2) is 4.63. The van der Waals surface area contributed by atoms with Gasteiger partial charge in [0.1, 0.15) is 0 Å². The summed E-state index contributed by atoms with van der Waals surface area (Å²) >= 11 is 0. The summed E-state index contributed by atoms with van der Waals surface area (Å²) in [5.41, 5.74) is 0.0375. The van der Waals surface area contributed by atoms with Crippen LogP contribution in [0.3, 0.4) is 0 Å². The molecule has 0 amide bonds. The Morgan fingerprint density at radius 2 is 2.25 bits per heavy atom. The van der Waals surface area contributed by atoms with Gasteiger partial charge < -0.3 is 14.8 Å². The van der Waals surface area contributed by atoms with Crippen molar-refractivity contribution in [3.05, 3.63) is 0 Å². The van der Waals surface area contributed by atoms with Crippen LogP contribution in [0, 0.1) is 0 Å². The van der Waals surface area contributed by atoms with Crippen LogP contribution in [0.5, 0.6) is 0 Å². The molecule has 0 aromatic heterocycles. The topological polar surface area (TPSA) is 30.5 Å². The Balaban J connectivity index is 2.06. The van der Waals surface area contributed by atoms with Gasteiger partial charge in [-0.25, -0.2) is 0 Å². The third-order valence-electron chi connectivity index (χ3n) is 4.25. The predicted molar refractivity (Wildman–Crippen MR) is 64.6 cm³/mol. The van der Waals surface area contributed by atoms with Crippen LogP contribution in [-0.2, 0) is 9.47 Å². The molecule has 3 nitrogen and oxygen atoms in total. The van der Waals surface area contributed by atoms with Crippen molar-refractivity contribution in [1.29, 1.82) is 0 Å². The molecule has 1 aliphatic carbocycles. The van der Waals surface area contributed by atoms with Gasteiger partial charge >= 0.3 is 0 Å². The van der Waals surface area contributed by atoms with Crippen LogP contribution < -0.4 is 5.32 Å². The Labute approximate surface area is 98.9 Å². The van der Waals surface area contributed by atoms with Gasteiger partial charge in [0.2, 0.25) is 0 Å². The van der Waals surface area contributed by atoms with Gasteiger partial charge in [-0.15, -0.1) is 0 Å². The third-order valence-corrected chi connectivity index (χ3v) is 4.25. The monoisotopic (exact) mass is 227 g/mol. The Kier molecular flexibility index (Phi) is 3.57. The van der Waals surface area contributed by atoms with Crippen molar-refractivity contribution in [2.45, 2.75) is 63.3 Å². The number of hydrogen-bond donors (Lipinski definition) is 1. The highest BCUT2D eigenvalue weighted by molar-refractivity contribution is 4.97. The summed E-state index contributed by atoms with van der Waals surface area (Å²) in [6.07, 6.45) is 6.08. The van der Waals surface area contributed by atoms with Gasteiger partial charge in [-0.2, -0.15) is 0 Å². The molecule has 1 aliphatic heterocycles. The second-order valence-corrected chi connectivity index (χ2v) is 5.65. The Hall–Kier alpha value is -0.120. The zero-order valence-corrected chi connectivity index (χ0v) is 10.8. The van der Waals surface area contributed by atoms with Crippen molar-refractivity contribution in [2.75, 3.05) is 20.2 Å². The molecule has 1 saturated heterocycles. The summed E-state index contributed by atoms with van der Waals surface area (Å²) < 4.78 is 12.0. The van der Waals surface area contributed by atoms with Crippen LogP contribution in [0.2, 0.25) is 0 Å². The molecule has 0 aromatic carbocycles. The van der Waals surface area contributed by atoms with Crippen molar-refractivity contribution in [3.63, 3.8) is 0 Å². The Morgan fingerprint density at radius 3 is 2.94 bits per heavy atom. The van der Waals surface area contributed by atoms with E-state index < -0.39 is 0 Å². The van der Waals surface area contributed by atoms with Crippen molar-refractivity contribution >= 4 is 0 Å². The molecular formula is C13H25NO2. The fourth-order valence-corrected chi connectivity index (χ4v) is 3.07. The minimum atomic E-state index is 0.00782. The molecular weight excluding hydrogens is 202 g/mol. The highest BCUT2D eigenvalue weighted by atomic mass is 16.5. The van der Waals surface area contributed by atoms with Crippen LogP contribution >= 0.6 is 0 Å². The van der Waals surface area contributed by atoms with Gasteiger partial charge in [0.05, 0.1) is 17.3 Å². The van der Waals surface area contributed by atoms with Gasteiger partial charge in [0, 0.05) is 26.6 Å². The molecule has 1 saturated carbocycles. The van der Waals surface area contributed by atoms with Crippen molar-refractivity contribution in [3.8, 4) is 0 Å². The molecule has 0 aromatic rings. The summed E-state index contributed by atoms with van der Waals surface area (Å²) in [6.45, 7) is 6.39. The maximum Gasteiger partial charge on any atom is 0.0839 e. The highest BCUT2D eigenvalue weighted by Gasteiger charge is 2.45. The fraction of sp³-hybridized carbons (Fsp3) is 1.00. The lowest BCUT2D eigenvalue weighted by Crippen LogP contribution is -2.61. The lowest BCUT2D eigenvalue weighted by molar-refractivity contribution is -0.198. The number of rotatable bonds is 2. The maximum atomic E-state index is 6.44. The molecule has 1 heterocycles. The van der Waals surface area contributed by atoms with Gasteiger partial charge in [-0.1, -0.05) is 6.92 Å². The van der Waals surface area contributed by atoms with Crippen molar-refractivity contribution in [1.82, 2.24) is 5.32 Å². The summed E-state index contributed by atoms with van der Waals surface area (Å²) in [5.74, 6) is 0. The van der Waals surface area contributed by atoms with E-state index in [1.54, 1.807) is 0 Å². The SMILES string of the molecule is CCC1(C)CNCC2(CCCC(OC)C2)O1. The van der Waals surface area contributed by atoms with E-state index in [1.807, 2.05) is 7.11 Å². The number of methoxy groups -OCH3 is 1. The Bertz CT molecular complexity index is 242. The zero-order valence-electron chi connectivity index (χ0n) is 10.8. The highest BCUT2D eigenvalue weighted by Crippen LogP contribution is 2.38. The molecule has 3 unspecified atom stereocenters. The minimum Gasteiger partial charge on any atom is -0.381 e. The second-order valence-electron chi connectivity index (χ2n) is 5.65. The summed E-state index contributed by atoms with van der Waals surface area (Å²) in [7, 11) is 1.82. The van der Waals surface area contributed by atoms with Crippen molar-refractivity contribution < 1.29 is 9.47 Å². The van der Waals surface area contributed by atoms with Crippen LogP contribution in [0.25, 0.3) is 0 Å². The van der Waals surface area contributed by atoms with E-state index in [-0.39, 0.29) is 11.2 Å². The van der Waals surface area contributed by atoms with E-state index in [2.05, 4.69) is 19.2 Å². The van der Waals surface area contributed by atoms with E-state index in [1.165, 1.54) is 19.3 Å². The van der Waals surface area contributed by atoms with E-state index in [4.69, 9.17) is 9.47 Å². The lowest BCUT2D eigenvalue weighted by atomic mass is 9.80. The minimum absolute atomic E-state index is 0.00782. The van der Waals surface area contributed by atoms with Crippen LogP contribution in [0.4, 0.5) is 0 Å². The predicted octanol–water partition coefficient (Wildman–Crippen LogP) is 2.10. The molecule has 3 heteroatoms. The van der Waals surface area contributed by atoms with Crippen LogP contribution in [0.1, 0.15) is 46.0 Å². The van der Waals surface area contributed by atoms with E-state index in [0.717, 1.165) is 25.9 Å². The van der Waals surface area contributed by atoms with E-state index in [9.17, 15) is 0 Å². The first-order chi connectivity index (χ1) is 7.61. The van der Waals surface area contributed by atoms with Crippen LogP contribution in [0.15, 0.2) is 0 Å². The largest absolute Gasteiger partial charge is 0.381 e. The Morgan fingerprint density at radius 1 is 1.44 bits per heavy atom. The molecule has 2 aliphatic rings. The smallest absolute Gasteiger partial charge is 0.0839 e. The fourth-order valence-electron chi connectivity index (χ4n) is 3.07. The molecule has 1 N–H and O–H groups in total. The first kappa shape index (κ1) is 12.3. The molecule has 2 rings (SSSR count). The summed E-state index contributed by atoms with van der Waals surface area (Å²) in [5, 5.41) is 3.55. The molecule has 3 atom stereocenters. The van der Waals surface area contributed by atoms with Gasteiger partial charge in [0.15, 0.2) is 0 Å². The van der Waals surface area contributed by atoms with E-state index in [0.29, 0.717) is 6.10 Å².